The highest BCUT2D eigenvalue weighted by Crippen LogP contribution is 2.22. The third kappa shape index (κ3) is 2.58. The van der Waals surface area contributed by atoms with E-state index in [2.05, 4.69) is 22.9 Å². The first-order valence-corrected chi connectivity index (χ1v) is 5.36. The van der Waals surface area contributed by atoms with Crippen LogP contribution in [0.4, 0.5) is 0 Å². The summed E-state index contributed by atoms with van der Waals surface area (Å²) in [5.74, 6) is -1.23. The summed E-state index contributed by atoms with van der Waals surface area (Å²) in [7, 11) is 0. The summed E-state index contributed by atoms with van der Waals surface area (Å²) in [6, 6.07) is 5.82. The molecule has 0 fully saturated rings. The molecule has 0 spiro atoms. The lowest BCUT2D eigenvalue weighted by atomic mass is 9.98. The van der Waals surface area contributed by atoms with Gasteiger partial charge in [0.15, 0.2) is 0 Å². The summed E-state index contributed by atoms with van der Waals surface area (Å²) in [4.78, 5) is 10.8. The Morgan fingerprint density at radius 2 is 2.14 bits per heavy atom. The van der Waals surface area contributed by atoms with Gasteiger partial charge in [-0.15, -0.1) is 0 Å². The van der Waals surface area contributed by atoms with E-state index in [1.165, 1.54) is 0 Å². The second kappa shape index (κ2) is 4.60. The molecular weight excluding hydrogens is 244 g/mol. The fraction of sp³-hybridized carbons (Fsp3) is 0.364. The minimum absolute atomic E-state index is 0.446. The lowest BCUT2D eigenvalue weighted by Gasteiger charge is -2.09. The maximum Gasteiger partial charge on any atom is 0.310 e. The van der Waals surface area contributed by atoms with Crippen LogP contribution in [0, 0.1) is 0 Å². The van der Waals surface area contributed by atoms with Crippen molar-refractivity contribution in [2.45, 2.75) is 26.2 Å². The number of carboxylic acids is 1. The molecule has 76 valence electrons. The largest absolute Gasteiger partial charge is 0.481 e. The predicted octanol–water partition coefficient (Wildman–Crippen LogP) is 3.20. The third-order valence-electron chi connectivity index (χ3n) is 2.26. The van der Waals surface area contributed by atoms with Gasteiger partial charge in [0.05, 0.1) is 5.92 Å². The van der Waals surface area contributed by atoms with Crippen LogP contribution in [-0.2, 0) is 11.2 Å². The number of benzene rings is 1. The Labute approximate surface area is 92.1 Å². The SMILES string of the molecule is CCc1cc(Br)cc(C(C)C(=O)O)c1. The molecule has 0 radical (unpaired) electrons. The van der Waals surface area contributed by atoms with Crippen LogP contribution in [0.5, 0.6) is 0 Å². The molecule has 1 aromatic rings. The van der Waals surface area contributed by atoms with Gasteiger partial charge in [-0.05, 0) is 36.6 Å². The first-order chi connectivity index (χ1) is 6.54. The number of carboxylic acid groups (broad SMARTS) is 1. The molecule has 1 N–H and O–H groups in total. The molecule has 0 aliphatic rings. The summed E-state index contributed by atoms with van der Waals surface area (Å²) in [6.07, 6.45) is 0.915. The van der Waals surface area contributed by atoms with Crippen molar-refractivity contribution in [3.05, 3.63) is 33.8 Å². The second-order valence-corrected chi connectivity index (χ2v) is 4.22. The van der Waals surface area contributed by atoms with E-state index < -0.39 is 11.9 Å². The van der Waals surface area contributed by atoms with Crippen molar-refractivity contribution < 1.29 is 9.90 Å². The zero-order chi connectivity index (χ0) is 10.7. The Balaban J connectivity index is 3.08. The van der Waals surface area contributed by atoms with Gasteiger partial charge in [-0.1, -0.05) is 28.9 Å². The highest BCUT2D eigenvalue weighted by molar-refractivity contribution is 9.10. The van der Waals surface area contributed by atoms with Crippen molar-refractivity contribution in [3.8, 4) is 0 Å². The van der Waals surface area contributed by atoms with Gasteiger partial charge in [-0.3, -0.25) is 4.79 Å². The fourth-order valence-electron chi connectivity index (χ4n) is 1.27. The smallest absolute Gasteiger partial charge is 0.310 e. The van der Waals surface area contributed by atoms with Crippen LogP contribution in [0.1, 0.15) is 30.9 Å². The summed E-state index contributed by atoms with van der Waals surface area (Å²) < 4.78 is 0.944. The summed E-state index contributed by atoms with van der Waals surface area (Å²) in [5.41, 5.74) is 2.01. The van der Waals surface area contributed by atoms with Gasteiger partial charge in [-0.2, -0.15) is 0 Å². The average molecular weight is 257 g/mol. The van der Waals surface area contributed by atoms with Gasteiger partial charge < -0.3 is 5.11 Å². The highest BCUT2D eigenvalue weighted by Gasteiger charge is 2.14. The van der Waals surface area contributed by atoms with E-state index in [1.807, 2.05) is 18.2 Å². The molecular formula is C11H13BrO2. The van der Waals surface area contributed by atoms with Gasteiger partial charge in [0.25, 0.3) is 0 Å². The summed E-state index contributed by atoms with van der Waals surface area (Å²) >= 11 is 3.38. The second-order valence-electron chi connectivity index (χ2n) is 3.31. The molecule has 0 saturated carbocycles. The Morgan fingerprint density at radius 3 is 2.64 bits per heavy atom. The van der Waals surface area contributed by atoms with Gasteiger partial charge in [0.2, 0.25) is 0 Å². The predicted molar refractivity (Wildman–Crippen MR) is 59.6 cm³/mol. The molecule has 0 bridgehead atoms. The number of halogens is 1. The monoisotopic (exact) mass is 256 g/mol. The lowest BCUT2D eigenvalue weighted by Crippen LogP contribution is -2.07. The first-order valence-electron chi connectivity index (χ1n) is 4.56. The minimum Gasteiger partial charge on any atom is -0.481 e. The van der Waals surface area contributed by atoms with Crippen LogP contribution in [0.15, 0.2) is 22.7 Å². The maximum atomic E-state index is 10.8. The Bertz CT molecular complexity index is 347. The summed E-state index contributed by atoms with van der Waals surface area (Å²) in [6.45, 7) is 3.75. The molecule has 1 aromatic carbocycles. The van der Waals surface area contributed by atoms with E-state index in [0.29, 0.717) is 0 Å². The topological polar surface area (TPSA) is 37.3 Å². The molecule has 0 saturated heterocycles. The minimum atomic E-state index is -0.787. The van der Waals surface area contributed by atoms with E-state index in [0.717, 1.165) is 22.0 Å². The number of carbonyl (C=O) groups is 1. The van der Waals surface area contributed by atoms with Crippen molar-refractivity contribution >= 4 is 21.9 Å². The number of aryl methyl sites for hydroxylation is 1. The molecule has 0 aromatic heterocycles. The molecule has 3 heteroatoms. The molecule has 0 aliphatic heterocycles. The molecule has 0 amide bonds. The van der Waals surface area contributed by atoms with Crippen molar-refractivity contribution in [3.63, 3.8) is 0 Å². The molecule has 2 nitrogen and oxygen atoms in total. The van der Waals surface area contributed by atoms with Crippen molar-refractivity contribution in [1.82, 2.24) is 0 Å². The summed E-state index contributed by atoms with van der Waals surface area (Å²) in [5, 5.41) is 8.87. The maximum absolute atomic E-state index is 10.8. The Hall–Kier alpha value is -0.830. The quantitative estimate of drug-likeness (QED) is 0.902. The van der Waals surface area contributed by atoms with Crippen LogP contribution < -0.4 is 0 Å². The molecule has 0 heterocycles. The van der Waals surface area contributed by atoms with Crippen LogP contribution in [-0.4, -0.2) is 11.1 Å². The molecule has 1 rings (SSSR count). The number of hydrogen-bond donors (Lipinski definition) is 1. The normalized spacial score (nSPS) is 12.5. The van der Waals surface area contributed by atoms with Crippen molar-refractivity contribution in [1.29, 1.82) is 0 Å². The van der Waals surface area contributed by atoms with Crippen LogP contribution in [0.2, 0.25) is 0 Å². The average Bonchev–Trinajstić information content (AvgIpc) is 2.15. The third-order valence-corrected chi connectivity index (χ3v) is 2.72. The number of aliphatic carboxylic acids is 1. The van der Waals surface area contributed by atoms with Gasteiger partial charge >= 0.3 is 5.97 Å². The van der Waals surface area contributed by atoms with Crippen molar-refractivity contribution in [2.24, 2.45) is 0 Å². The van der Waals surface area contributed by atoms with Gasteiger partial charge in [-0.25, -0.2) is 0 Å². The van der Waals surface area contributed by atoms with E-state index >= 15 is 0 Å². The zero-order valence-electron chi connectivity index (χ0n) is 8.25. The Morgan fingerprint density at radius 1 is 1.50 bits per heavy atom. The van der Waals surface area contributed by atoms with E-state index in [9.17, 15) is 4.79 Å². The number of rotatable bonds is 3. The van der Waals surface area contributed by atoms with Crippen LogP contribution >= 0.6 is 15.9 Å². The van der Waals surface area contributed by atoms with Crippen molar-refractivity contribution in [2.75, 3.05) is 0 Å². The lowest BCUT2D eigenvalue weighted by molar-refractivity contribution is -0.138. The van der Waals surface area contributed by atoms with Crippen LogP contribution in [0.25, 0.3) is 0 Å². The molecule has 1 atom stereocenters. The number of hydrogen-bond acceptors (Lipinski definition) is 1. The fourth-order valence-corrected chi connectivity index (χ4v) is 1.83. The molecule has 14 heavy (non-hydrogen) atoms. The molecule has 1 unspecified atom stereocenters. The van der Waals surface area contributed by atoms with Crippen LogP contribution in [0.3, 0.4) is 0 Å². The Kier molecular flexibility index (Phi) is 3.69. The van der Waals surface area contributed by atoms with Gasteiger partial charge in [0.1, 0.15) is 0 Å². The van der Waals surface area contributed by atoms with E-state index in [1.54, 1.807) is 6.92 Å². The van der Waals surface area contributed by atoms with E-state index in [4.69, 9.17) is 5.11 Å². The standard InChI is InChI=1S/C11H13BrO2/c1-3-8-4-9(6-10(12)5-8)7(2)11(13)14/h4-7H,3H2,1-2H3,(H,13,14). The zero-order valence-corrected chi connectivity index (χ0v) is 9.84. The van der Waals surface area contributed by atoms with E-state index in [-0.39, 0.29) is 0 Å². The highest BCUT2D eigenvalue weighted by atomic mass is 79.9. The first kappa shape index (κ1) is 11.2. The van der Waals surface area contributed by atoms with Gasteiger partial charge in [0, 0.05) is 4.47 Å². The molecule has 0 aliphatic carbocycles.